The molecule has 8 heteroatoms. The van der Waals surface area contributed by atoms with Crippen molar-refractivity contribution in [2.75, 3.05) is 24.5 Å². The highest BCUT2D eigenvalue weighted by Crippen LogP contribution is 2.63. The first-order valence-corrected chi connectivity index (χ1v) is 12.4. The molecule has 1 aliphatic heterocycles. The van der Waals surface area contributed by atoms with E-state index in [0.29, 0.717) is 24.0 Å². The van der Waals surface area contributed by atoms with E-state index in [1.54, 1.807) is 6.07 Å². The summed E-state index contributed by atoms with van der Waals surface area (Å²) >= 11 is 0. The van der Waals surface area contributed by atoms with E-state index >= 15 is 0 Å². The van der Waals surface area contributed by atoms with Gasteiger partial charge in [0.15, 0.2) is 0 Å². The Bertz CT molecular complexity index is 1630. The molecule has 2 aromatic carbocycles. The van der Waals surface area contributed by atoms with E-state index in [9.17, 15) is 4.39 Å². The van der Waals surface area contributed by atoms with Gasteiger partial charge in [-0.25, -0.2) is 14.4 Å². The fourth-order valence-corrected chi connectivity index (χ4v) is 6.49. The number of rotatable bonds is 4. The van der Waals surface area contributed by atoms with E-state index in [1.165, 1.54) is 6.07 Å². The number of hydrogen-bond acceptors (Lipinski definition) is 6. The number of nitrogens with two attached hydrogens (primary N) is 1. The van der Waals surface area contributed by atoms with E-state index in [4.69, 9.17) is 15.7 Å². The van der Waals surface area contributed by atoms with Crippen LogP contribution in [0.5, 0.6) is 0 Å². The van der Waals surface area contributed by atoms with Crippen molar-refractivity contribution in [3.05, 3.63) is 77.9 Å². The van der Waals surface area contributed by atoms with Gasteiger partial charge in [0, 0.05) is 42.2 Å². The van der Waals surface area contributed by atoms with Crippen LogP contribution in [0.4, 0.5) is 10.2 Å². The molecule has 0 spiro atoms. The third-order valence-electron chi connectivity index (χ3n) is 8.30. The van der Waals surface area contributed by atoms with Gasteiger partial charge in [-0.1, -0.05) is 24.3 Å². The van der Waals surface area contributed by atoms with Gasteiger partial charge in [-0.2, -0.15) is 5.10 Å². The van der Waals surface area contributed by atoms with Crippen molar-refractivity contribution >= 4 is 27.9 Å². The molecule has 3 atom stereocenters. The molecule has 36 heavy (non-hydrogen) atoms. The fraction of sp³-hybridized carbons (Fsp3) is 0.286. The number of halogens is 1. The lowest BCUT2D eigenvalue weighted by molar-refractivity contribution is 0.533. The SMILES string of the molecule is Cc1cc(-c2[nH]nc3nc(N4CC[C@@H]5[C@H](C4)[C@@]5(CN)c4ccccc4F)cnc23)cc2cccnc12. The maximum Gasteiger partial charge on any atom is 0.202 e. The topological polar surface area (TPSA) is 96.6 Å². The lowest BCUT2D eigenvalue weighted by atomic mass is 9.91. The van der Waals surface area contributed by atoms with Crippen molar-refractivity contribution in [3.8, 4) is 11.3 Å². The maximum atomic E-state index is 14.7. The van der Waals surface area contributed by atoms with Crippen molar-refractivity contribution in [1.29, 1.82) is 0 Å². The van der Waals surface area contributed by atoms with Gasteiger partial charge < -0.3 is 10.6 Å². The van der Waals surface area contributed by atoms with Crippen LogP contribution in [0, 0.1) is 24.6 Å². The Hall–Kier alpha value is -3.91. The van der Waals surface area contributed by atoms with E-state index < -0.39 is 0 Å². The smallest absolute Gasteiger partial charge is 0.202 e. The molecule has 1 saturated heterocycles. The van der Waals surface area contributed by atoms with Crippen molar-refractivity contribution < 1.29 is 4.39 Å². The number of pyridine rings is 1. The number of benzene rings is 2. The summed E-state index contributed by atoms with van der Waals surface area (Å²) < 4.78 is 14.7. The van der Waals surface area contributed by atoms with Gasteiger partial charge in [0.05, 0.1) is 17.4 Å². The van der Waals surface area contributed by atoms with Crippen LogP contribution in [0.3, 0.4) is 0 Å². The summed E-state index contributed by atoms with van der Waals surface area (Å²) in [7, 11) is 0. The van der Waals surface area contributed by atoms with Crippen molar-refractivity contribution in [1.82, 2.24) is 25.1 Å². The summed E-state index contributed by atoms with van der Waals surface area (Å²) in [6, 6.07) is 15.3. The monoisotopic (exact) mass is 479 g/mol. The van der Waals surface area contributed by atoms with Gasteiger partial charge in [0.1, 0.15) is 17.2 Å². The average Bonchev–Trinajstić information content (AvgIpc) is 3.36. The van der Waals surface area contributed by atoms with Crippen LogP contribution in [0.1, 0.15) is 17.5 Å². The highest BCUT2D eigenvalue weighted by molar-refractivity contribution is 5.93. The Kier molecular flexibility index (Phi) is 4.63. The summed E-state index contributed by atoms with van der Waals surface area (Å²) in [5.74, 6) is 1.34. The molecule has 0 radical (unpaired) electrons. The number of hydrogen-bond donors (Lipinski definition) is 2. The molecule has 0 amide bonds. The number of fused-ring (bicyclic) bond motifs is 3. The first-order chi connectivity index (χ1) is 17.6. The van der Waals surface area contributed by atoms with E-state index in [1.807, 2.05) is 30.6 Å². The molecule has 2 fully saturated rings. The van der Waals surface area contributed by atoms with E-state index in [0.717, 1.165) is 64.1 Å². The minimum Gasteiger partial charge on any atom is -0.355 e. The van der Waals surface area contributed by atoms with Crippen LogP contribution < -0.4 is 10.6 Å². The molecular formula is C28H26FN7. The quantitative estimate of drug-likeness (QED) is 0.397. The minimum atomic E-state index is -0.292. The zero-order valence-corrected chi connectivity index (χ0v) is 19.9. The highest BCUT2D eigenvalue weighted by Gasteiger charge is 2.66. The first-order valence-electron chi connectivity index (χ1n) is 12.4. The van der Waals surface area contributed by atoms with Gasteiger partial charge in [-0.15, -0.1) is 0 Å². The highest BCUT2D eigenvalue weighted by atomic mass is 19.1. The second-order valence-electron chi connectivity index (χ2n) is 10.0. The molecule has 7 rings (SSSR count). The van der Waals surface area contributed by atoms with Crippen molar-refractivity contribution in [2.24, 2.45) is 17.6 Å². The lowest BCUT2D eigenvalue weighted by Crippen LogP contribution is -2.32. The van der Waals surface area contributed by atoms with Gasteiger partial charge in [0.25, 0.3) is 0 Å². The van der Waals surface area contributed by atoms with Gasteiger partial charge in [-0.05, 0) is 60.6 Å². The zero-order chi connectivity index (χ0) is 24.4. The number of aryl methyl sites for hydroxylation is 1. The molecule has 3 N–H and O–H groups in total. The summed E-state index contributed by atoms with van der Waals surface area (Å²) in [5.41, 5.74) is 12.0. The molecule has 2 aliphatic rings. The third kappa shape index (κ3) is 3.00. The van der Waals surface area contributed by atoms with Gasteiger partial charge in [0.2, 0.25) is 5.65 Å². The van der Waals surface area contributed by atoms with Crippen LogP contribution in [-0.4, -0.2) is 44.8 Å². The molecule has 1 aliphatic carbocycles. The maximum absolute atomic E-state index is 14.7. The number of anilines is 1. The van der Waals surface area contributed by atoms with Crippen molar-refractivity contribution in [3.63, 3.8) is 0 Å². The van der Waals surface area contributed by atoms with Crippen LogP contribution in [0.25, 0.3) is 33.3 Å². The van der Waals surface area contributed by atoms with Gasteiger partial charge in [-0.3, -0.25) is 10.1 Å². The second kappa shape index (κ2) is 7.80. The molecule has 7 nitrogen and oxygen atoms in total. The Morgan fingerprint density at radius 2 is 2.00 bits per heavy atom. The molecule has 0 unspecified atom stereocenters. The van der Waals surface area contributed by atoms with E-state index in [-0.39, 0.29) is 11.2 Å². The Morgan fingerprint density at radius 3 is 2.86 bits per heavy atom. The number of aromatic amines is 1. The normalized spacial score (nSPS) is 23.2. The van der Waals surface area contributed by atoms with Crippen molar-refractivity contribution in [2.45, 2.75) is 18.8 Å². The fourth-order valence-electron chi connectivity index (χ4n) is 6.49. The third-order valence-corrected chi connectivity index (χ3v) is 8.30. The Balaban J connectivity index is 1.19. The molecule has 180 valence electrons. The average molecular weight is 480 g/mol. The summed E-state index contributed by atoms with van der Waals surface area (Å²) in [6.45, 7) is 4.13. The predicted molar refractivity (Wildman–Crippen MR) is 138 cm³/mol. The molecule has 5 aromatic rings. The lowest BCUT2D eigenvalue weighted by Gasteiger charge is -2.26. The minimum absolute atomic E-state index is 0.158. The van der Waals surface area contributed by atoms with Crippen LogP contribution in [0.2, 0.25) is 0 Å². The molecular weight excluding hydrogens is 453 g/mol. The van der Waals surface area contributed by atoms with Crippen LogP contribution >= 0.6 is 0 Å². The van der Waals surface area contributed by atoms with Crippen LogP contribution in [0.15, 0.2) is 60.9 Å². The number of nitrogens with zero attached hydrogens (tertiary/aromatic N) is 5. The number of H-pyrrole nitrogens is 1. The standard InChI is InChI=1S/C28H26FN7/c1-16-11-18(12-17-5-4-9-31-24(16)17)25-26-27(35-34-25)33-23(13-32-26)36-10-8-19-21(14-36)28(19,15-30)20-6-2-3-7-22(20)29/h2-7,9,11-13,19,21H,8,10,14-15,30H2,1H3,(H,33,34,35)/t19-,21+,28-/m1/s1. The summed E-state index contributed by atoms with van der Waals surface area (Å²) in [4.78, 5) is 16.4. The van der Waals surface area contributed by atoms with E-state index in [2.05, 4.69) is 45.2 Å². The molecule has 0 bridgehead atoms. The Labute approximate surface area is 207 Å². The predicted octanol–water partition coefficient (Wildman–Crippen LogP) is 4.37. The Morgan fingerprint density at radius 1 is 1.11 bits per heavy atom. The molecule has 4 heterocycles. The zero-order valence-electron chi connectivity index (χ0n) is 19.9. The molecule has 1 saturated carbocycles. The number of nitrogens with one attached hydrogen (secondary N) is 1. The van der Waals surface area contributed by atoms with Crippen LogP contribution in [-0.2, 0) is 5.41 Å². The summed E-state index contributed by atoms with van der Waals surface area (Å²) in [6.07, 6.45) is 4.59. The first kappa shape index (κ1) is 21.4. The van der Waals surface area contributed by atoms with Gasteiger partial charge >= 0.3 is 0 Å². The second-order valence-corrected chi connectivity index (χ2v) is 10.0. The largest absolute Gasteiger partial charge is 0.355 e. The summed E-state index contributed by atoms with van der Waals surface area (Å²) in [5, 5.41) is 8.70. The number of aromatic nitrogens is 5. The number of piperidine rings is 1. The molecule has 3 aromatic heterocycles.